The van der Waals surface area contributed by atoms with Crippen molar-refractivity contribution in [2.24, 2.45) is 0 Å². The van der Waals surface area contributed by atoms with E-state index in [9.17, 15) is 0 Å². The van der Waals surface area contributed by atoms with Crippen LogP contribution in [-0.2, 0) is 0 Å². The monoisotopic (exact) mass is 321 g/mol. The molecule has 3 nitrogen and oxygen atoms in total. The van der Waals surface area contributed by atoms with E-state index in [1.165, 1.54) is 5.56 Å². The van der Waals surface area contributed by atoms with Gasteiger partial charge in [-0.2, -0.15) is 0 Å². The molecule has 23 heavy (non-hydrogen) atoms. The van der Waals surface area contributed by atoms with E-state index in [1.807, 2.05) is 66.7 Å². The normalized spacial score (nSPS) is 10.9. The van der Waals surface area contributed by atoms with Gasteiger partial charge in [-0.25, -0.2) is 9.97 Å². The van der Waals surface area contributed by atoms with Gasteiger partial charge in [-0.1, -0.05) is 47.5 Å². The standard InChI is InChI=1S/C19H16ClN3/c1-14-2-9-17(10-3-14)22-19-21-13-12-18(23-19)11-6-15-4-7-16(20)8-5-15/h2-13H,1H3,(H,21,22,23)/b11-6+. The zero-order valence-corrected chi connectivity index (χ0v) is 13.5. The summed E-state index contributed by atoms with van der Waals surface area (Å²) >= 11 is 5.88. The van der Waals surface area contributed by atoms with Crippen LogP contribution >= 0.6 is 11.6 Å². The number of hydrogen-bond acceptors (Lipinski definition) is 3. The van der Waals surface area contributed by atoms with Gasteiger partial charge in [0, 0.05) is 16.9 Å². The zero-order chi connectivity index (χ0) is 16.1. The maximum absolute atomic E-state index is 5.88. The van der Waals surface area contributed by atoms with E-state index in [0.29, 0.717) is 5.95 Å². The topological polar surface area (TPSA) is 37.8 Å². The highest BCUT2D eigenvalue weighted by Crippen LogP contribution is 2.15. The number of hydrogen-bond donors (Lipinski definition) is 1. The van der Waals surface area contributed by atoms with E-state index in [0.717, 1.165) is 22.0 Å². The van der Waals surface area contributed by atoms with Crippen molar-refractivity contribution in [3.8, 4) is 0 Å². The molecule has 0 bridgehead atoms. The summed E-state index contributed by atoms with van der Waals surface area (Å²) in [7, 11) is 0. The largest absolute Gasteiger partial charge is 0.324 e. The van der Waals surface area contributed by atoms with Gasteiger partial charge in [-0.3, -0.25) is 0 Å². The zero-order valence-electron chi connectivity index (χ0n) is 12.7. The van der Waals surface area contributed by atoms with Crippen molar-refractivity contribution in [1.82, 2.24) is 9.97 Å². The Morgan fingerprint density at radius 3 is 2.39 bits per heavy atom. The molecular formula is C19H16ClN3. The summed E-state index contributed by atoms with van der Waals surface area (Å²) in [6, 6.07) is 17.6. The van der Waals surface area contributed by atoms with Crippen molar-refractivity contribution >= 4 is 35.4 Å². The molecule has 0 saturated carbocycles. The Labute approximate surface area is 140 Å². The van der Waals surface area contributed by atoms with E-state index < -0.39 is 0 Å². The highest BCUT2D eigenvalue weighted by atomic mass is 35.5. The number of nitrogens with zero attached hydrogens (tertiary/aromatic N) is 2. The van der Waals surface area contributed by atoms with Gasteiger partial charge >= 0.3 is 0 Å². The first-order chi connectivity index (χ1) is 11.2. The van der Waals surface area contributed by atoms with Crippen molar-refractivity contribution in [2.45, 2.75) is 6.92 Å². The fourth-order valence-corrected chi connectivity index (χ4v) is 2.17. The van der Waals surface area contributed by atoms with Gasteiger partial charge in [0.1, 0.15) is 0 Å². The van der Waals surface area contributed by atoms with E-state index in [4.69, 9.17) is 11.6 Å². The van der Waals surface area contributed by atoms with Crippen molar-refractivity contribution in [3.63, 3.8) is 0 Å². The minimum Gasteiger partial charge on any atom is -0.324 e. The average Bonchev–Trinajstić information content (AvgIpc) is 2.57. The molecule has 0 aliphatic carbocycles. The molecule has 114 valence electrons. The Morgan fingerprint density at radius 2 is 1.65 bits per heavy atom. The molecule has 1 heterocycles. The number of rotatable bonds is 4. The predicted octanol–water partition coefficient (Wildman–Crippen LogP) is 5.35. The molecule has 0 saturated heterocycles. The maximum Gasteiger partial charge on any atom is 0.227 e. The summed E-state index contributed by atoms with van der Waals surface area (Å²) < 4.78 is 0. The summed E-state index contributed by atoms with van der Waals surface area (Å²) in [6.45, 7) is 2.06. The number of halogens is 1. The molecule has 3 aromatic rings. The predicted molar refractivity (Wildman–Crippen MR) is 96.9 cm³/mol. The van der Waals surface area contributed by atoms with Gasteiger partial charge in [-0.05, 0) is 48.9 Å². The van der Waals surface area contributed by atoms with Gasteiger partial charge in [-0.15, -0.1) is 0 Å². The molecule has 2 aromatic carbocycles. The van der Waals surface area contributed by atoms with Crippen LogP contribution in [-0.4, -0.2) is 9.97 Å². The fourth-order valence-electron chi connectivity index (χ4n) is 2.05. The van der Waals surface area contributed by atoms with Crippen LogP contribution in [0.2, 0.25) is 5.02 Å². The molecule has 4 heteroatoms. The molecule has 3 rings (SSSR count). The van der Waals surface area contributed by atoms with Gasteiger partial charge < -0.3 is 5.32 Å². The summed E-state index contributed by atoms with van der Waals surface area (Å²) in [5.41, 5.74) is 4.09. The average molecular weight is 322 g/mol. The summed E-state index contributed by atoms with van der Waals surface area (Å²) in [5, 5.41) is 3.93. The van der Waals surface area contributed by atoms with E-state index in [-0.39, 0.29) is 0 Å². The Kier molecular flexibility index (Phi) is 4.69. The number of nitrogens with one attached hydrogen (secondary N) is 1. The molecule has 0 spiro atoms. The fraction of sp³-hybridized carbons (Fsp3) is 0.0526. The smallest absolute Gasteiger partial charge is 0.227 e. The third kappa shape index (κ3) is 4.41. The lowest BCUT2D eigenvalue weighted by Gasteiger charge is -2.05. The molecule has 0 aliphatic heterocycles. The van der Waals surface area contributed by atoms with Crippen LogP contribution in [0.1, 0.15) is 16.8 Å². The molecule has 0 unspecified atom stereocenters. The third-order valence-corrected chi connectivity index (χ3v) is 3.55. The van der Waals surface area contributed by atoms with Gasteiger partial charge in [0.2, 0.25) is 5.95 Å². The van der Waals surface area contributed by atoms with Gasteiger partial charge in [0.25, 0.3) is 0 Å². The first-order valence-corrected chi connectivity index (χ1v) is 7.67. The number of benzene rings is 2. The first kappa shape index (κ1) is 15.3. The van der Waals surface area contributed by atoms with Crippen LogP contribution in [0, 0.1) is 6.92 Å². The minimum atomic E-state index is 0.576. The lowest BCUT2D eigenvalue weighted by molar-refractivity contribution is 1.15. The Bertz CT molecular complexity index is 809. The second-order valence-electron chi connectivity index (χ2n) is 5.18. The Hall–Kier alpha value is -2.65. The van der Waals surface area contributed by atoms with Crippen molar-refractivity contribution < 1.29 is 0 Å². The molecule has 0 amide bonds. The first-order valence-electron chi connectivity index (χ1n) is 7.29. The van der Waals surface area contributed by atoms with Crippen molar-refractivity contribution in [2.75, 3.05) is 5.32 Å². The molecule has 0 aliphatic rings. The molecule has 0 atom stereocenters. The number of aromatic nitrogens is 2. The van der Waals surface area contributed by atoms with Crippen molar-refractivity contribution in [1.29, 1.82) is 0 Å². The summed E-state index contributed by atoms with van der Waals surface area (Å²) in [6.07, 6.45) is 5.69. The van der Waals surface area contributed by atoms with Crippen LogP contribution in [0.3, 0.4) is 0 Å². The second-order valence-corrected chi connectivity index (χ2v) is 5.62. The highest BCUT2D eigenvalue weighted by molar-refractivity contribution is 6.30. The van der Waals surface area contributed by atoms with Crippen LogP contribution in [0.4, 0.5) is 11.6 Å². The highest BCUT2D eigenvalue weighted by Gasteiger charge is 1.98. The summed E-state index contributed by atoms with van der Waals surface area (Å²) in [4.78, 5) is 8.74. The van der Waals surface area contributed by atoms with Gasteiger partial charge in [0.15, 0.2) is 0 Å². The van der Waals surface area contributed by atoms with E-state index in [2.05, 4.69) is 22.2 Å². The lowest BCUT2D eigenvalue weighted by atomic mass is 10.2. The quantitative estimate of drug-likeness (QED) is 0.703. The molecule has 0 fully saturated rings. The van der Waals surface area contributed by atoms with Gasteiger partial charge in [0.05, 0.1) is 5.69 Å². The van der Waals surface area contributed by atoms with E-state index in [1.54, 1.807) is 6.20 Å². The third-order valence-electron chi connectivity index (χ3n) is 3.30. The van der Waals surface area contributed by atoms with Crippen LogP contribution in [0.15, 0.2) is 60.8 Å². The minimum absolute atomic E-state index is 0.576. The van der Waals surface area contributed by atoms with Crippen molar-refractivity contribution in [3.05, 3.63) is 82.6 Å². The molecule has 1 aromatic heterocycles. The SMILES string of the molecule is Cc1ccc(Nc2nccc(/C=C/c3ccc(Cl)cc3)n2)cc1. The number of anilines is 2. The van der Waals surface area contributed by atoms with E-state index >= 15 is 0 Å². The number of aryl methyl sites for hydroxylation is 1. The van der Waals surface area contributed by atoms with Crippen LogP contribution in [0.25, 0.3) is 12.2 Å². The van der Waals surface area contributed by atoms with Crippen LogP contribution in [0.5, 0.6) is 0 Å². The molecular weight excluding hydrogens is 306 g/mol. The maximum atomic E-state index is 5.88. The second kappa shape index (κ2) is 7.07. The Balaban J connectivity index is 1.74. The molecule has 0 radical (unpaired) electrons. The molecule has 1 N–H and O–H groups in total. The Morgan fingerprint density at radius 1 is 0.913 bits per heavy atom. The lowest BCUT2D eigenvalue weighted by Crippen LogP contribution is -1.97. The summed E-state index contributed by atoms with van der Waals surface area (Å²) in [5.74, 6) is 0.576. The van der Waals surface area contributed by atoms with Crippen LogP contribution < -0.4 is 5.32 Å².